The van der Waals surface area contributed by atoms with Gasteiger partial charge < -0.3 is 19.9 Å². The van der Waals surface area contributed by atoms with Crippen molar-refractivity contribution in [2.75, 3.05) is 19.1 Å². The van der Waals surface area contributed by atoms with Crippen LogP contribution in [0.3, 0.4) is 0 Å². The van der Waals surface area contributed by atoms with Crippen LogP contribution in [0, 0.1) is 11.3 Å². The van der Waals surface area contributed by atoms with Crippen LogP contribution >= 0.6 is 0 Å². The number of hydrogen-bond donors (Lipinski definition) is 1. The first kappa shape index (κ1) is 25.5. The van der Waals surface area contributed by atoms with Crippen molar-refractivity contribution in [1.29, 1.82) is 5.26 Å². The van der Waals surface area contributed by atoms with Gasteiger partial charge in [0.05, 0.1) is 42.9 Å². The molecule has 4 rings (SSSR count). The van der Waals surface area contributed by atoms with Gasteiger partial charge in [-0.25, -0.2) is 14.4 Å². The number of carbonyl (C=O) groups is 3. The molecule has 2 aromatic rings. The van der Waals surface area contributed by atoms with Crippen molar-refractivity contribution in [3.63, 3.8) is 0 Å². The Morgan fingerprint density at radius 2 is 1.54 bits per heavy atom. The van der Waals surface area contributed by atoms with Crippen LogP contribution in [0.1, 0.15) is 47.5 Å². The minimum Gasteiger partial charge on any atom is -0.466 e. The highest BCUT2D eigenvalue weighted by molar-refractivity contribution is 6.06. The quantitative estimate of drug-likeness (QED) is 0.465. The molecule has 1 atom stereocenters. The Balaban J connectivity index is 1.83. The largest absolute Gasteiger partial charge is 0.466 e. The van der Waals surface area contributed by atoms with Crippen molar-refractivity contribution in [1.82, 2.24) is 0 Å². The number of ether oxygens (including phenoxy) is 3. The Bertz CT molecular complexity index is 1300. The number of nitrogens with zero attached hydrogens (tertiary/aromatic N) is 2. The molecular weight excluding hydrogens is 474 g/mol. The molecule has 1 unspecified atom stereocenters. The second-order valence-corrected chi connectivity index (χ2v) is 8.69. The number of allylic oxidation sites excluding steroid dienone is 1. The van der Waals surface area contributed by atoms with Crippen LogP contribution in [0.4, 0.5) is 5.69 Å². The van der Waals surface area contributed by atoms with Gasteiger partial charge in [0.1, 0.15) is 17.6 Å². The SMILES string of the molecule is COC(=O)C1=C(C(=O)OC)N(c2ccc(C(=O)OC3CCCC3)cc2)C(N)=C(C#N)C1c1ccccc1. The van der Waals surface area contributed by atoms with Gasteiger partial charge in [-0.1, -0.05) is 30.3 Å². The summed E-state index contributed by atoms with van der Waals surface area (Å²) in [5.74, 6) is -3.10. The van der Waals surface area contributed by atoms with E-state index in [9.17, 15) is 19.6 Å². The predicted octanol–water partition coefficient (Wildman–Crippen LogP) is 3.68. The smallest absolute Gasteiger partial charge is 0.355 e. The molecule has 2 aromatic carbocycles. The number of nitrogens with two attached hydrogens (primary N) is 1. The number of rotatable bonds is 6. The van der Waals surface area contributed by atoms with Crippen LogP contribution in [-0.4, -0.2) is 38.2 Å². The van der Waals surface area contributed by atoms with Crippen LogP contribution in [-0.2, 0) is 23.8 Å². The lowest BCUT2D eigenvalue weighted by Gasteiger charge is -2.35. The van der Waals surface area contributed by atoms with Gasteiger partial charge in [0, 0.05) is 5.69 Å². The maximum Gasteiger partial charge on any atom is 0.355 e. The highest BCUT2D eigenvalue weighted by Gasteiger charge is 2.43. The summed E-state index contributed by atoms with van der Waals surface area (Å²) in [6, 6.07) is 17.1. The number of esters is 3. The van der Waals surface area contributed by atoms with E-state index in [2.05, 4.69) is 6.07 Å². The average molecular weight is 502 g/mol. The Hall–Kier alpha value is -4.58. The van der Waals surface area contributed by atoms with Crippen LogP contribution in [0.25, 0.3) is 0 Å². The number of anilines is 1. The Morgan fingerprint density at radius 1 is 0.919 bits per heavy atom. The maximum atomic E-state index is 13.1. The average Bonchev–Trinajstić information content (AvgIpc) is 3.45. The highest BCUT2D eigenvalue weighted by atomic mass is 16.5. The molecule has 0 bridgehead atoms. The monoisotopic (exact) mass is 501 g/mol. The summed E-state index contributed by atoms with van der Waals surface area (Å²) in [6.07, 6.45) is 3.68. The topological polar surface area (TPSA) is 132 Å². The predicted molar refractivity (Wildman–Crippen MR) is 134 cm³/mol. The van der Waals surface area contributed by atoms with E-state index in [0.717, 1.165) is 25.7 Å². The molecule has 1 aliphatic carbocycles. The third-order valence-corrected chi connectivity index (χ3v) is 6.55. The van der Waals surface area contributed by atoms with Gasteiger partial charge in [0.15, 0.2) is 0 Å². The summed E-state index contributed by atoms with van der Waals surface area (Å²) in [7, 11) is 2.37. The molecule has 0 saturated heterocycles. The first-order chi connectivity index (χ1) is 17.9. The molecule has 1 saturated carbocycles. The van der Waals surface area contributed by atoms with Gasteiger partial charge in [0.2, 0.25) is 0 Å². The summed E-state index contributed by atoms with van der Waals surface area (Å²) in [5.41, 5.74) is 7.53. The number of methoxy groups -OCH3 is 2. The third-order valence-electron chi connectivity index (χ3n) is 6.55. The zero-order valence-corrected chi connectivity index (χ0v) is 20.6. The number of nitriles is 1. The standard InChI is InChI=1S/C28H27N3O6/c1-35-27(33)23-22(17-8-4-3-5-9-17)21(16-29)25(30)31(24(23)28(34)36-2)19-14-12-18(13-15-19)26(32)37-20-10-6-7-11-20/h3-5,8-9,12-15,20,22H,6-7,10-11,30H2,1-2H3. The van der Waals surface area contributed by atoms with Crippen LogP contribution < -0.4 is 10.6 Å². The maximum absolute atomic E-state index is 13.1. The van der Waals surface area contributed by atoms with Gasteiger partial charge >= 0.3 is 17.9 Å². The molecule has 0 aromatic heterocycles. The Morgan fingerprint density at radius 3 is 2.11 bits per heavy atom. The van der Waals surface area contributed by atoms with Gasteiger partial charge in [-0.2, -0.15) is 5.26 Å². The zero-order chi connectivity index (χ0) is 26.5. The summed E-state index contributed by atoms with van der Waals surface area (Å²) in [6.45, 7) is 0. The molecule has 9 heteroatoms. The van der Waals surface area contributed by atoms with Crippen molar-refractivity contribution < 1.29 is 28.6 Å². The van der Waals surface area contributed by atoms with Crippen LogP contribution in [0.15, 0.2) is 77.3 Å². The molecule has 9 nitrogen and oxygen atoms in total. The van der Waals surface area contributed by atoms with Crippen molar-refractivity contribution in [3.8, 4) is 6.07 Å². The molecular formula is C28H27N3O6. The van der Waals surface area contributed by atoms with Gasteiger partial charge in [-0.15, -0.1) is 0 Å². The lowest BCUT2D eigenvalue weighted by Crippen LogP contribution is -2.40. The molecule has 37 heavy (non-hydrogen) atoms. The normalized spacial score (nSPS) is 17.9. The summed E-state index contributed by atoms with van der Waals surface area (Å²) in [4.78, 5) is 40.1. The van der Waals surface area contributed by atoms with Crippen molar-refractivity contribution in [2.24, 2.45) is 5.73 Å². The van der Waals surface area contributed by atoms with Gasteiger partial charge in [-0.3, -0.25) is 4.90 Å². The molecule has 1 fully saturated rings. The second kappa shape index (κ2) is 11.0. The van der Waals surface area contributed by atoms with E-state index >= 15 is 0 Å². The number of benzene rings is 2. The second-order valence-electron chi connectivity index (χ2n) is 8.69. The van der Waals surface area contributed by atoms with Crippen molar-refractivity contribution >= 4 is 23.6 Å². The molecule has 2 aliphatic rings. The summed E-state index contributed by atoms with van der Waals surface area (Å²) >= 11 is 0. The molecule has 0 spiro atoms. The molecule has 2 N–H and O–H groups in total. The summed E-state index contributed by atoms with van der Waals surface area (Å²) in [5, 5.41) is 10.1. The van der Waals surface area contributed by atoms with Crippen molar-refractivity contribution in [2.45, 2.75) is 37.7 Å². The first-order valence-electron chi connectivity index (χ1n) is 11.9. The van der Waals surface area contributed by atoms with E-state index in [0.29, 0.717) is 16.8 Å². The highest BCUT2D eigenvalue weighted by Crippen LogP contribution is 2.43. The van der Waals surface area contributed by atoms with E-state index in [-0.39, 0.29) is 28.8 Å². The fraction of sp³-hybridized carbons (Fsp3) is 0.286. The Kier molecular flexibility index (Phi) is 7.58. The first-order valence-corrected chi connectivity index (χ1v) is 11.9. The number of carbonyl (C=O) groups excluding carboxylic acids is 3. The summed E-state index contributed by atoms with van der Waals surface area (Å²) < 4.78 is 15.6. The zero-order valence-electron chi connectivity index (χ0n) is 20.6. The minimum absolute atomic E-state index is 0.0503. The van der Waals surface area contributed by atoms with Gasteiger partial charge in [-0.05, 0) is 55.5 Å². The van der Waals surface area contributed by atoms with Crippen LogP contribution in [0.5, 0.6) is 0 Å². The lowest BCUT2D eigenvalue weighted by molar-refractivity contribution is -0.139. The van der Waals surface area contributed by atoms with E-state index in [1.165, 1.54) is 19.1 Å². The molecule has 190 valence electrons. The Labute approximate surface area is 214 Å². The fourth-order valence-corrected chi connectivity index (χ4v) is 4.75. The van der Waals surface area contributed by atoms with Crippen molar-refractivity contribution in [3.05, 3.63) is 88.4 Å². The molecule has 1 aliphatic heterocycles. The number of hydrogen-bond acceptors (Lipinski definition) is 9. The molecule has 0 amide bonds. The van der Waals surface area contributed by atoms with E-state index in [1.54, 1.807) is 54.6 Å². The molecule has 1 heterocycles. The van der Waals surface area contributed by atoms with E-state index in [1.807, 2.05) is 0 Å². The van der Waals surface area contributed by atoms with E-state index < -0.39 is 23.8 Å². The third kappa shape index (κ3) is 4.91. The van der Waals surface area contributed by atoms with Gasteiger partial charge in [0.25, 0.3) is 0 Å². The fourth-order valence-electron chi connectivity index (χ4n) is 4.75. The van der Waals surface area contributed by atoms with Crippen LogP contribution in [0.2, 0.25) is 0 Å². The minimum atomic E-state index is -0.954. The lowest BCUT2D eigenvalue weighted by atomic mass is 9.81. The molecule has 0 radical (unpaired) electrons. The van der Waals surface area contributed by atoms with E-state index in [4.69, 9.17) is 19.9 Å².